The number of benzene rings is 1. The highest BCUT2D eigenvalue weighted by Crippen LogP contribution is 2.30. The average Bonchev–Trinajstić information content (AvgIpc) is 1.96. The van der Waals surface area contributed by atoms with E-state index in [1.165, 1.54) is 6.07 Å². The Labute approximate surface area is 82.6 Å². The maximum atomic E-state index is 10.4. The Morgan fingerprint density at radius 1 is 1.58 bits per heavy atom. The van der Waals surface area contributed by atoms with Crippen molar-refractivity contribution in [2.75, 3.05) is 0 Å². The van der Waals surface area contributed by atoms with Crippen LogP contribution in [0.2, 0.25) is 5.02 Å². The molecule has 12 heavy (non-hydrogen) atoms. The van der Waals surface area contributed by atoms with Gasteiger partial charge >= 0.3 is 0 Å². The molecule has 1 aromatic carbocycles. The van der Waals surface area contributed by atoms with Crippen LogP contribution >= 0.6 is 27.5 Å². The zero-order valence-corrected chi connectivity index (χ0v) is 8.52. The predicted octanol–water partition coefficient (Wildman–Crippen LogP) is 3.32. The Morgan fingerprint density at radius 2 is 2.17 bits per heavy atom. The van der Waals surface area contributed by atoms with Gasteiger partial charge in [0.05, 0.1) is 4.92 Å². The zero-order chi connectivity index (χ0) is 9.30. The lowest BCUT2D eigenvalue weighted by Gasteiger charge is -1.99. The summed E-state index contributed by atoms with van der Waals surface area (Å²) in [5, 5.41) is 10.6. The molecule has 0 spiro atoms. The minimum Gasteiger partial charge on any atom is -0.258 e. The number of aryl methyl sites for hydroxylation is 1. The topological polar surface area (TPSA) is 43.1 Å². The molecule has 0 aliphatic rings. The fourth-order valence-electron chi connectivity index (χ4n) is 0.776. The maximum Gasteiger partial charge on any atom is 0.289 e. The number of halogens is 2. The van der Waals surface area contributed by atoms with Crippen molar-refractivity contribution in [2.45, 2.75) is 6.92 Å². The smallest absolute Gasteiger partial charge is 0.258 e. The number of nitrogens with zero attached hydrogens (tertiary/aromatic N) is 1. The van der Waals surface area contributed by atoms with E-state index >= 15 is 0 Å². The molecule has 0 aromatic heterocycles. The first kappa shape index (κ1) is 9.48. The zero-order valence-electron chi connectivity index (χ0n) is 6.17. The summed E-state index contributed by atoms with van der Waals surface area (Å²) in [4.78, 5) is 9.88. The first-order valence-electron chi connectivity index (χ1n) is 3.12. The third-order valence-electron chi connectivity index (χ3n) is 1.42. The van der Waals surface area contributed by atoms with Crippen LogP contribution in [0.25, 0.3) is 0 Å². The van der Waals surface area contributed by atoms with Gasteiger partial charge in [-0.1, -0.05) is 27.5 Å². The molecule has 1 rings (SSSR count). The second-order valence-corrected chi connectivity index (χ2v) is 3.57. The molecule has 0 saturated carbocycles. The van der Waals surface area contributed by atoms with E-state index in [4.69, 9.17) is 11.6 Å². The summed E-state index contributed by atoms with van der Waals surface area (Å²) in [6.07, 6.45) is 0. The van der Waals surface area contributed by atoms with Crippen LogP contribution < -0.4 is 0 Å². The van der Waals surface area contributed by atoms with E-state index < -0.39 is 4.92 Å². The van der Waals surface area contributed by atoms with Gasteiger partial charge in [0.25, 0.3) is 5.69 Å². The van der Waals surface area contributed by atoms with Crippen molar-refractivity contribution in [3.8, 4) is 0 Å². The van der Waals surface area contributed by atoms with Gasteiger partial charge in [-0.25, -0.2) is 0 Å². The van der Waals surface area contributed by atoms with Crippen LogP contribution in [-0.4, -0.2) is 4.92 Å². The Hall–Kier alpha value is -0.610. The molecule has 0 atom stereocenters. The first-order chi connectivity index (χ1) is 5.52. The molecule has 0 N–H and O–H groups in total. The van der Waals surface area contributed by atoms with E-state index in [0.29, 0.717) is 4.47 Å². The molecular formula is C7H5BrClNO2. The SMILES string of the molecule is Cc1cc(Cl)c([N+](=O)[O-])cc1Br. The molecule has 0 bridgehead atoms. The summed E-state index contributed by atoms with van der Waals surface area (Å²) in [6, 6.07) is 2.96. The molecule has 1 aromatic rings. The molecule has 0 fully saturated rings. The third-order valence-corrected chi connectivity index (χ3v) is 2.58. The van der Waals surface area contributed by atoms with Crippen molar-refractivity contribution in [2.24, 2.45) is 0 Å². The van der Waals surface area contributed by atoms with Crippen LogP contribution in [0.3, 0.4) is 0 Å². The van der Waals surface area contributed by atoms with E-state index in [2.05, 4.69) is 15.9 Å². The van der Waals surface area contributed by atoms with Crippen molar-refractivity contribution in [1.82, 2.24) is 0 Å². The lowest BCUT2D eigenvalue weighted by molar-refractivity contribution is -0.384. The van der Waals surface area contributed by atoms with Crippen molar-refractivity contribution < 1.29 is 4.92 Å². The van der Waals surface area contributed by atoms with Crippen molar-refractivity contribution >= 4 is 33.2 Å². The summed E-state index contributed by atoms with van der Waals surface area (Å²) in [6.45, 7) is 1.82. The van der Waals surface area contributed by atoms with Gasteiger partial charge in [-0.05, 0) is 18.6 Å². The molecular weight excluding hydrogens is 245 g/mol. The van der Waals surface area contributed by atoms with Crippen molar-refractivity contribution in [3.63, 3.8) is 0 Å². The average molecular weight is 250 g/mol. The molecule has 0 aliphatic carbocycles. The van der Waals surface area contributed by atoms with Crippen molar-refractivity contribution in [3.05, 3.63) is 37.3 Å². The highest BCUT2D eigenvalue weighted by molar-refractivity contribution is 9.10. The number of nitro groups is 1. The Kier molecular flexibility index (Phi) is 2.69. The second-order valence-electron chi connectivity index (χ2n) is 2.31. The molecule has 0 amide bonds. The van der Waals surface area contributed by atoms with Gasteiger partial charge in [0.2, 0.25) is 0 Å². The summed E-state index contributed by atoms with van der Waals surface area (Å²) in [5.41, 5.74) is 0.805. The molecule has 0 unspecified atom stereocenters. The monoisotopic (exact) mass is 249 g/mol. The lowest BCUT2D eigenvalue weighted by Crippen LogP contribution is -1.90. The Bertz CT molecular complexity index is 340. The maximum absolute atomic E-state index is 10.4. The fraction of sp³-hybridized carbons (Fsp3) is 0.143. The molecule has 3 nitrogen and oxygen atoms in total. The van der Waals surface area contributed by atoms with Gasteiger partial charge in [0, 0.05) is 10.5 Å². The quantitative estimate of drug-likeness (QED) is 0.567. The minimum absolute atomic E-state index is 0.0749. The van der Waals surface area contributed by atoms with Crippen LogP contribution in [0.15, 0.2) is 16.6 Å². The summed E-state index contributed by atoms with van der Waals surface area (Å²) in [7, 11) is 0. The van der Waals surface area contributed by atoms with Crippen molar-refractivity contribution in [1.29, 1.82) is 0 Å². The van der Waals surface area contributed by atoms with E-state index in [9.17, 15) is 10.1 Å². The highest BCUT2D eigenvalue weighted by atomic mass is 79.9. The normalized spacial score (nSPS) is 9.92. The van der Waals surface area contributed by atoms with Gasteiger partial charge in [-0.2, -0.15) is 0 Å². The van der Waals surface area contributed by atoms with E-state index in [1.807, 2.05) is 6.92 Å². The Balaban J connectivity index is 3.33. The first-order valence-corrected chi connectivity index (χ1v) is 4.29. The number of rotatable bonds is 1. The summed E-state index contributed by atoms with van der Waals surface area (Å²) < 4.78 is 0.693. The molecule has 0 aliphatic heterocycles. The van der Waals surface area contributed by atoms with Crippen LogP contribution in [-0.2, 0) is 0 Å². The van der Waals surface area contributed by atoms with Gasteiger partial charge in [0.15, 0.2) is 0 Å². The van der Waals surface area contributed by atoms with Gasteiger partial charge in [-0.15, -0.1) is 0 Å². The number of hydrogen-bond acceptors (Lipinski definition) is 2. The van der Waals surface area contributed by atoms with Crippen LogP contribution in [0.4, 0.5) is 5.69 Å². The Morgan fingerprint density at radius 3 is 2.67 bits per heavy atom. The predicted molar refractivity (Wildman–Crippen MR) is 50.5 cm³/mol. The third kappa shape index (κ3) is 1.76. The van der Waals surface area contributed by atoms with E-state index in [-0.39, 0.29) is 10.7 Å². The van der Waals surface area contributed by atoms with E-state index in [0.717, 1.165) is 5.56 Å². The summed E-state index contributed by atoms with van der Waals surface area (Å²) >= 11 is 8.82. The van der Waals surface area contributed by atoms with Crippen LogP contribution in [0.1, 0.15) is 5.56 Å². The molecule has 64 valence electrons. The van der Waals surface area contributed by atoms with Crippen LogP contribution in [0.5, 0.6) is 0 Å². The molecule has 0 radical (unpaired) electrons. The highest BCUT2D eigenvalue weighted by Gasteiger charge is 2.13. The number of nitro benzene ring substituents is 1. The largest absolute Gasteiger partial charge is 0.289 e. The minimum atomic E-state index is -0.507. The van der Waals surface area contributed by atoms with Gasteiger partial charge in [-0.3, -0.25) is 10.1 Å². The van der Waals surface area contributed by atoms with Gasteiger partial charge in [0.1, 0.15) is 5.02 Å². The molecule has 0 saturated heterocycles. The van der Waals surface area contributed by atoms with Gasteiger partial charge < -0.3 is 0 Å². The fourth-order valence-corrected chi connectivity index (χ4v) is 1.39. The van der Waals surface area contributed by atoms with Crippen LogP contribution in [0, 0.1) is 17.0 Å². The molecule has 5 heteroatoms. The number of hydrogen-bond donors (Lipinski definition) is 0. The lowest BCUT2D eigenvalue weighted by atomic mass is 10.2. The summed E-state index contributed by atoms with van der Waals surface area (Å²) in [5.74, 6) is 0. The second kappa shape index (κ2) is 3.41. The standard InChI is InChI=1S/C7H5BrClNO2/c1-4-2-6(9)7(10(11)12)3-5(4)8/h2-3H,1H3. The molecule has 0 heterocycles. The van der Waals surface area contributed by atoms with E-state index in [1.54, 1.807) is 6.07 Å².